The first-order chi connectivity index (χ1) is 7.70. The van der Waals surface area contributed by atoms with Crippen LogP contribution in [0.1, 0.15) is 31.7 Å². The lowest BCUT2D eigenvalue weighted by molar-refractivity contribution is 0.281. The first kappa shape index (κ1) is 11.4. The minimum absolute atomic E-state index is 0.246. The number of ether oxygens (including phenoxy) is 1. The van der Waals surface area contributed by atoms with E-state index in [-0.39, 0.29) is 5.75 Å². The second-order valence-corrected chi connectivity index (χ2v) is 4.38. The zero-order valence-corrected chi connectivity index (χ0v) is 9.43. The van der Waals surface area contributed by atoms with Crippen LogP contribution in [0.25, 0.3) is 0 Å². The van der Waals surface area contributed by atoms with Gasteiger partial charge < -0.3 is 4.74 Å². The number of hydrogen-bond acceptors (Lipinski definition) is 1. The third-order valence-corrected chi connectivity index (χ3v) is 2.76. The molecule has 0 radical (unpaired) electrons. The van der Waals surface area contributed by atoms with E-state index in [0.717, 1.165) is 25.3 Å². The molecule has 1 fully saturated rings. The van der Waals surface area contributed by atoms with Crippen LogP contribution in [0.4, 0.5) is 8.78 Å². The number of rotatable bonds is 5. The minimum Gasteiger partial charge on any atom is -0.490 e. The molecule has 1 aliphatic rings. The average molecular weight is 226 g/mol. The summed E-state index contributed by atoms with van der Waals surface area (Å²) >= 11 is 0. The van der Waals surface area contributed by atoms with Crippen molar-refractivity contribution in [3.05, 3.63) is 29.3 Å². The minimum atomic E-state index is -0.580. The van der Waals surface area contributed by atoms with Gasteiger partial charge in [0, 0.05) is 11.6 Å². The maximum absolute atomic E-state index is 13.5. The van der Waals surface area contributed by atoms with Gasteiger partial charge in [-0.25, -0.2) is 8.78 Å². The van der Waals surface area contributed by atoms with Crippen LogP contribution in [0.5, 0.6) is 5.75 Å². The number of halogens is 2. The number of aryl methyl sites for hydroxylation is 1. The van der Waals surface area contributed by atoms with Crippen molar-refractivity contribution < 1.29 is 13.5 Å². The Labute approximate surface area is 94.4 Å². The molecule has 1 aliphatic carbocycles. The van der Waals surface area contributed by atoms with E-state index in [1.165, 1.54) is 6.07 Å². The van der Waals surface area contributed by atoms with E-state index in [2.05, 4.69) is 0 Å². The topological polar surface area (TPSA) is 9.23 Å². The summed E-state index contributed by atoms with van der Waals surface area (Å²) in [5.41, 5.74) is 0.639. The highest BCUT2D eigenvalue weighted by Gasteiger charge is 2.23. The molecule has 0 unspecified atom stereocenters. The molecule has 3 heteroatoms. The SMILES string of the molecule is CCCc1cc(F)cc(F)c1OCC1CC1. The van der Waals surface area contributed by atoms with Gasteiger partial charge in [0.2, 0.25) is 0 Å². The molecule has 1 aromatic carbocycles. The van der Waals surface area contributed by atoms with Crippen molar-refractivity contribution in [1.82, 2.24) is 0 Å². The highest BCUT2D eigenvalue weighted by molar-refractivity contribution is 5.35. The van der Waals surface area contributed by atoms with Gasteiger partial charge in [0.25, 0.3) is 0 Å². The fourth-order valence-electron chi connectivity index (χ4n) is 1.72. The molecule has 2 rings (SSSR count). The zero-order valence-electron chi connectivity index (χ0n) is 9.43. The second kappa shape index (κ2) is 4.81. The molecule has 0 spiro atoms. The van der Waals surface area contributed by atoms with E-state index in [4.69, 9.17) is 4.74 Å². The summed E-state index contributed by atoms with van der Waals surface area (Å²) in [5.74, 6) is -0.294. The summed E-state index contributed by atoms with van der Waals surface area (Å²) in [4.78, 5) is 0. The van der Waals surface area contributed by atoms with Crippen LogP contribution in [0, 0.1) is 17.6 Å². The smallest absolute Gasteiger partial charge is 0.168 e. The van der Waals surface area contributed by atoms with Gasteiger partial charge in [-0.15, -0.1) is 0 Å². The standard InChI is InChI=1S/C13H16F2O/c1-2-3-10-6-11(14)7-12(15)13(10)16-8-9-4-5-9/h6-7,9H,2-5,8H2,1H3. The molecular formula is C13H16F2O. The van der Waals surface area contributed by atoms with Gasteiger partial charge in [-0.3, -0.25) is 0 Å². The van der Waals surface area contributed by atoms with Crippen molar-refractivity contribution in [1.29, 1.82) is 0 Å². The van der Waals surface area contributed by atoms with E-state index >= 15 is 0 Å². The van der Waals surface area contributed by atoms with Gasteiger partial charge in [0.1, 0.15) is 5.82 Å². The largest absolute Gasteiger partial charge is 0.490 e. The van der Waals surface area contributed by atoms with Gasteiger partial charge in [0.15, 0.2) is 11.6 Å². The summed E-state index contributed by atoms with van der Waals surface area (Å²) in [6, 6.07) is 2.26. The molecular weight excluding hydrogens is 210 g/mol. The van der Waals surface area contributed by atoms with Crippen molar-refractivity contribution in [2.45, 2.75) is 32.6 Å². The van der Waals surface area contributed by atoms with Gasteiger partial charge in [-0.05, 0) is 31.2 Å². The monoisotopic (exact) mass is 226 g/mol. The average Bonchev–Trinajstić information content (AvgIpc) is 3.00. The van der Waals surface area contributed by atoms with Gasteiger partial charge in [-0.2, -0.15) is 0 Å². The molecule has 0 atom stereocenters. The molecule has 0 saturated heterocycles. The van der Waals surface area contributed by atoms with Crippen molar-refractivity contribution in [3.63, 3.8) is 0 Å². The number of hydrogen-bond donors (Lipinski definition) is 0. The Morgan fingerprint density at radius 1 is 1.31 bits per heavy atom. The summed E-state index contributed by atoms with van der Waals surface area (Å²) in [6.07, 6.45) is 3.81. The summed E-state index contributed by atoms with van der Waals surface area (Å²) in [6.45, 7) is 2.53. The highest BCUT2D eigenvalue weighted by atomic mass is 19.1. The van der Waals surface area contributed by atoms with E-state index in [0.29, 0.717) is 24.5 Å². The molecule has 0 heterocycles. The fraction of sp³-hybridized carbons (Fsp3) is 0.538. The summed E-state index contributed by atoms with van der Waals surface area (Å²) < 4.78 is 32.0. The first-order valence-electron chi connectivity index (χ1n) is 5.81. The van der Waals surface area contributed by atoms with Crippen LogP contribution in [0.15, 0.2) is 12.1 Å². The molecule has 0 bridgehead atoms. The Balaban J connectivity index is 2.16. The van der Waals surface area contributed by atoms with E-state index < -0.39 is 11.6 Å². The fourth-order valence-corrected chi connectivity index (χ4v) is 1.72. The number of benzene rings is 1. The van der Waals surface area contributed by atoms with Crippen LogP contribution >= 0.6 is 0 Å². The maximum atomic E-state index is 13.5. The lowest BCUT2D eigenvalue weighted by atomic mass is 10.1. The van der Waals surface area contributed by atoms with Gasteiger partial charge >= 0.3 is 0 Å². The molecule has 16 heavy (non-hydrogen) atoms. The van der Waals surface area contributed by atoms with Crippen LogP contribution in [0.2, 0.25) is 0 Å². The quantitative estimate of drug-likeness (QED) is 0.743. The Kier molecular flexibility index (Phi) is 3.42. The zero-order chi connectivity index (χ0) is 11.5. The molecule has 0 amide bonds. The molecule has 0 aromatic heterocycles. The Bertz CT molecular complexity index is 372. The van der Waals surface area contributed by atoms with E-state index in [9.17, 15) is 8.78 Å². The lowest BCUT2D eigenvalue weighted by Crippen LogP contribution is -2.04. The van der Waals surface area contributed by atoms with E-state index in [1.807, 2.05) is 6.92 Å². The predicted octanol–water partition coefficient (Wildman–Crippen LogP) is 3.71. The third kappa shape index (κ3) is 2.71. The third-order valence-electron chi connectivity index (χ3n) is 2.76. The molecule has 1 saturated carbocycles. The Morgan fingerprint density at radius 3 is 2.69 bits per heavy atom. The second-order valence-electron chi connectivity index (χ2n) is 4.38. The summed E-state index contributed by atoms with van der Waals surface area (Å²) in [7, 11) is 0. The lowest BCUT2D eigenvalue weighted by Gasteiger charge is -2.11. The van der Waals surface area contributed by atoms with Crippen LogP contribution in [0.3, 0.4) is 0 Å². The van der Waals surface area contributed by atoms with Crippen molar-refractivity contribution >= 4 is 0 Å². The molecule has 88 valence electrons. The Hall–Kier alpha value is -1.12. The molecule has 0 aliphatic heterocycles. The molecule has 1 aromatic rings. The highest BCUT2D eigenvalue weighted by Crippen LogP contribution is 2.32. The first-order valence-corrected chi connectivity index (χ1v) is 5.81. The van der Waals surface area contributed by atoms with Crippen LogP contribution in [-0.2, 0) is 6.42 Å². The van der Waals surface area contributed by atoms with Crippen molar-refractivity contribution in [2.75, 3.05) is 6.61 Å². The predicted molar refractivity (Wildman–Crippen MR) is 58.6 cm³/mol. The van der Waals surface area contributed by atoms with Crippen LogP contribution in [-0.4, -0.2) is 6.61 Å². The van der Waals surface area contributed by atoms with Crippen molar-refractivity contribution in [3.8, 4) is 5.75 Å². The molecule has 0 N–H and O–H groups in total. The van der Waals surface area contributed by atoms with Gasteiger partial charge in [0.05, 0.1) is 6.61 Å². The van der Waals surface area contributed by atoms with Crippen molar-refractivity contribution in [2.24, 2.45) is 5.92 Å². The maximum Gasteiger partial charge on any atom is 0.168 e. The Morgan fingerprint density at radius 2 is 2.06 bits per heavy atom. The summed E-state index contributed by atoms with van der Waals surface area (Å²) in [5, 5.41) is 0. The van der Waals surface area contributed by atoms with Gasteiger partial charge in [-0.1, -0.05) is 13.3 Å². The normalized spacial score (nSPS) is 15.2. The van der Waals surface area contributed by atoms with E-state index in [1.54, 1.807) is 0 Å². The van der Waals surface area contributed by atoms with Crippen LogP contribution < -0.4 is 4.74 Å². The molecule has 1 nitrogen and oxygen atoms in total.